The number of amides is 1. The summed E-state index contributed by atoms with van der Waals surface area (Å²) in [6.45, 7) is 7.93. The monoisotopic (exact) mass is 368 g/mol. The Labute approximate surface area is 153 Å². The van der Waals surface area contributed by atoms with Gasteiger partial charge in [-0.25, -0.2) is 0 Å². The molecule has 1 aromatic rings. The van der Waals surface area contributed by atoms with E-state index in [0.717, 1.165) is 26.1 Å². The van der Waals surface area contributed by atoms with Gasteiger partial charge in [0.2, 0.25) is 0 Å². The minimum Gasteiger partial charge on any atom is -0.390 e. The molecule has 0 aliphatic rings. The Hall–Kier alpha value is -1.74. The largest absolute Gasteiger partial charge is 0.390 e. The van der Waals surface area contributed by atoms with Gasteiger partial charge >= 0.3 is 0 Å². The first-order valence-corrected chi connectivity index (χ1v) is 8.59. The minimum absolute atomic E-state index is 0.0196. The molecule has 0 unspecified atom stereocenters. The zero-order valence-electron chi connectivity index (χ0n) is 13.9. The number of carbonyl (C=O) groups is 1. The molecule has 0 aromatic heterocycles. The van der Waals surface area contributed by atoms with Crippen molar-refractivity contribution in [3.8, 4) is 6.07 Å². The number of benzene rings is 1. The van der Waals surface area contributed by atoms with Crippen LogP contribution < -0.4 is 10.6 Å². The third kappa shape index (κ3) is 6.79. The molecule has 0 aliphatic carbocycles. The molecule has 5 nitrogen and oxygen atoms in total. The maximum absolute atomic E-state index is 12.1. The lowest BCUT2D eigenvalue weighted by atomic mass is 10.2. The van der Waals surface area contributed by atoms with Crippen molar-refractivity contribution in [1.82, 2.24) is 10.2 Å². The molecule has 0 atom stereocenters. The van der Waals surface area contributed by atoms with Crippen LogP contribution in [0.2, 0.25) is 10.0 Å². The topological polar surface area (TPSA) is 68.2 Å². The Morgan fingerprint density at radius 2 is 2.04 bits per heavy atom. The Morgan fingerprint density at radius 3 is 2.67 bits per heavy atom. The molecule has 0 heterocycles. The molecule has 7 heteroatoms. The van der Waals surface area contributed by atoms with Crippen molar-refractivity contribution in [3.05, 3.63) is 40.0 Å². The van der Waals surface area contributed by atoms with Gasteiger partial charge < -0.3 is 15.5 Å². The van der Waals surface area contributed by atoms with Crippen LogP contribution in [0.5, 0.6) is 0 Å². The zero-order chi connectivity index (χ0) is 17.9. The number of rotatable bonds is 9. The first-order chi connectivity index (χ1) is 11.5. The van der Waals surface area contributed by atoms with Crippen molar-refractivity contribution < 1.29 is 4.79 Å². The van der Waals surface area contributed by atoms with E-state index in [2.05, 4.69) is 29.4 Å². The maximum Gasteiger partial charge on any atom is 0.267 e. The second-order valence-electron chi connectivity index (χ2n) is 5.08. The number of carbonyl (C=O) groups excluding carboxylic acids is 1. The van der Waals surface area contributed by atoms with E-state index in [1.165, 1.54) is 12.3 Å². The van der Waals surface area contributed by atoms with E-state index in [1.54, 1.807) is 12.1 Å². The number of nitrogens with zero attached hydrogens (tertiary/aromatic N) is 2. The first-order valence-electron chi connectivity index (χ1n) is 7.84. The Bertz CT molecular complexity index is 622. The van der Waals surface area contributed by atoms with Crippen LogP contribution in [0.3, 0.4) is 0 Å². The van der Waals surface area contributed by atoms with Crippen LogP contribution >= 0.6 is 23.2 Å². The van der Waals surface area contributed by atoms with Gasteiger partial charge in [-0.15, -0.1) is 0 Å². The van der Waals surface area contributed by atoms with Gasteiger partial charge in [-0.3, -0.25) is 4.79 Å². The van der Waals surface area contributed by atoms with Crippen molar-refractivity contribution >= 4 is 34.8 Å². The van der Waals surface area contributed by atoms with Crippen molar-refractivity contribution in [2.75, 3.05) is 31.5 Å². The average Bonchev–Trinajstić information content (AvgIpc) is 2.57. The number of nitrogens with one attached hydrogen (secondary N) is 2. The number of halogens is 2. The Morgan fingerprint density at radius 1 is 1.33 bits per heavy atom. The molecule has 0 saturated heterocycles. The molecule has 1 rings (SSSR count). The standard InChI is InChI=1S/C17H22Cl2N4O/c1-3-23(4-2)9-5-8-21-12-13(11-20)17(24)22-16-10-14(18)6-7-15(16)19/h6-7,10,12,21H,3-5,8-9H2,1-2H3,(H,22,24)/b13-12-. The predicted octanol–water partition coefficient (Wildman–Crippen LogP) is 3.66. The Balaban J connectivity index is 2.54. The van der Waals surface area contributed by atoms with Crippen LogP contribution in [0.4, 0.5) is 5.69 Å². The van der Waals surface area contributed by atoms with Gasteiger partial charge in [-0.1, -0.05) is 37.0 Å². The summed E-state index contributed by atoms with van der Waals surface area (Å²) in [5.74, 6) is -0.530. The van der Waals surface area contributed by atoms with E-state index in [-0.39, 0.29) is 5.57 Å². The van der Waals surface area contributed by atoms with E-state index in [9.17, 15) is 4.79 Å². The van der Waals surface area contributed by atoms with Gasteiger partial charge in [-0.2, -0.15) is 5.26 Å². The number of hydrogen-bond acceptors (Lipinski definition) is 4. The van der Waals surface area contributed by atoms with E-state index in [4.69, 9.17) is 28.5 Å². The van der Waals surface area contributed by atoms with E-state index < -0.39 is 5.91 Å². The third-order valence-corrected chi connectivity index (χ3v) is 4.04. The second-order valence-corrected chi connectivity index (χ2v) is 5.93. The summed E-state index contributed by atoms with van der Waals surface area (Å²) in [4.78, 5) is 14.4. The molecule has 0 fully saturated rings. The molecule has 130 valence electrons. The maximum atomic E-state index is 12.1. The SMILES string of the molecule is CCN(CC)CCCN/C=C(/C#N)C(=O)Nc1cc(Cl)ccc1Cl. The normalized spacial score (nSPS) is 11.2. The first kappa shape index (κ1) is 20.3. The van der Waals surface area contributed by atoms with Crippen molar-refractivity contribution in [2.24, 2.45) is 0 Å². The highest BCUT2D eigenvalue weighted by molar-refractivity contribution is 6.35. The Kier molecular flexibility index (Phi) is 9.24. The fourth-order valence-corrected chi connectivity index (χ4v) is 2.39. The minimum atomic E-state index is -0.530. The molecule has 0 aliphatic heterocycles. The average molecular weight is 369 g/mol. The van der Waals surface area contributed by atoms with Crippen molar-refractivity contribution in [1.29, 1.82) is 5.26 Å². The van der Waals surface area contributed by atoms with E-state index in [1.807, 2.05) is 6.07 Å². The van der Waals surface area contributed by atoms with E-state index in [0.29, 0.717) is 22.3 Å². The van der Waals surface area contributed by atoms with Crippen LogP contribution in [-0.2, 0) is 4.79 Å². The smallest absolute Gasteiger partial charge is 0.267 e. The summed E-state index contributed by atoms with van der Waals surface area (Å²) < 4.78 is 0. The summed E-state index contributed by atoms with van der Waals surface area (Å²) in [5.41, 5.74) is 0.353. The van der Waals surface area contributed by atoms with Gasteiger partial charge in [-0.05, 0) is 44.3 Å². The van der Waals surface area contributed by atoms with Crippen LogP contribution in [0.15, 0.2) is 30.0 Å². The molecule has 0 radical (unpaired) electrons. The molecule has 2 N–H and O–H groups in total. The highest BCUT2D eigenvalue weighted by Crippen LogP contribution is 2.25. The summed E-state index contributed by atoms with van der Waals surface area (Å²) in [6, 6.07) is 6.62. The van der Waals surface area contributed by atoms with Gasteiger partial charge in [0.15, 0.2) is 0 Å². The lowest BCUT2D eigenvalue weighted by Gasteiger charge is -2.17. The summed E-state index contributed by atoms with van der Waals surface area (Å²) >= 11 is 11.9. The third-order valence-electron chi connectivity index (χ3n) is 3.48. The fourth-order valence-electron chi connectivity index (χ4n) is 2.05. The number of nitriles is 1. The molecule has 0 spiro atoms. The lowest BCUT2D eigenvalue weighted by Crippen LogP contribution is -2.26. The molecule has 24 heavy (non-hydrogen) atoms. The van der Waals surface area contributed by atoms with Crippen LogP contribution in [-0.4, -0.2) is 37.0 Å². The summed E-state index contributed by atoms with van der Waals surface area (Å²) in [6.07, 6.45) is 2.36. The van der Waals surface area contributed by atoms with Crippen LogP contribution in [0, 0.1) is 11.3 Å². The highest BCUT2D eigenvalue weighted by atomic mass is 35.5. The molecule has 0 bridgehead atoms. The zero-order valence-corrected chi connectivity index (χ0v) is 15.4. The molecular formula is C17H22Cl2N4O. The quantitative estimate of drug-likeness (QED) is 0.396. The predicted molar refractivity (Wildman–Crippen MR) is 99.2 cm³/mol. The van der Waals surface area contributed by atoms with E-state index >= 15 is 0 Å². The van der Waals surface area contributed by atoms with Gasteiger partial charge in [0.25, 0.3) is 5.91 Å². The van der Waals surface area contributed by atoms with Gasteiger partial charge in [0.05, 0.1) is 10.7 Å². The van der Waals surface area contributed by atoms with Crippen LogP contribution in [0.1, 0.15) is 20.3 Å². The summed E-state index contributed by atoms with van der Waals surface area (Å²) in [5, 5.41) is 15.5. The molecular weight excluding hydrogens is 347 g/mol. The number of hydrogen-bond donors (Lipinski definition) is 2. The van der Waals surface area contributed by atoms with Crippen LogP contribution in [0.25, 0.3) is 0 Å². The number of anilines is 1. The lowest BCUT2D eigenvalue weighted by molar-refractivity contribution is -0.112. The van der Waals surface area contributed by atoms with Gasteiger partial charge in [0, 0.05) is 17.8 Å². The van der Waals surface area contributed by atoms with Gasteiger partial charge in [0.1, 0.15) is 11.6 Å². The summed E-state index contributed by atoms with van der Waals surface area (Å²) in [7, 11) is 0. The fraction of sp³-hybridized carbons (Fsp3) is 0.412. The molecule has 1 amide bonds. The molecule has 1 aromatic carbocycles. The highest BCUT2D eigenvalue weighted by Gasteiger charge is 2.11. The molecule has 0 saturated carbocycles. The van der Waals surface area contributed by atoms with Crippen molar-refractivity contribution in [2.45, 2.75) is 20.3 Å². The second kappa shape index (κ2) is 10.9. The van der Waals surface area contributed by atoms with Crippen molar-refractivity contribution in [3.63, 3.8) is 0 Å².